The van der Waals surface area contributed by atoms with Gasteiger partial charge in [0.25, 0.3) is 0 Å². The Hall–Kier alpha value is -1.85. The van der Waals surface area contributed by atoms with E-state index >= 15 is 0 Å². The lowest BCUT2D eigenvalue weighted by Gasteiger charge is -2.21. The Balaban J connectivity index is 1.96. The molecular weight excluding hydrogens is 264 g/mol. The van der Waals surface area contributed by atoms with Gasteiger partial charge in [-0.3, -0.25) is 4.90 Å². The van der Waals surface area contributed by atoms with Gasteiger partial charge in [0.05, 0.1) is 12.6 Å². The van der Waals surface area contributed by atoms with Crippen molar-refractivity contribution >= 4 is 16.7 Å². The molecular formula is C16H22N4O. The van der Waals surface area contributed by atoms with Crippen molar-refractivity contribution in [3.8, 4) is 5.75 Å². The average Bonchev–Trinajstić information content (AvgIpc) is 3.35. The first-order chi connectivity index (χ1) is 10.2. The van der Waals surface area contributed by atoms with Crippen LogP contribution < -0.4 is 16.0 Å². The van der Waals surface area contributed by atoms with Crippen LogP contribution in [-0.2, 0) is 6.54 Å². The minimum Gasteiger partial charge on any atom is -0.497 e. The molecule has 0 aliphatic heterocycles. The predicted molar refractivity (Wildman–Crippen MR) is 85.2 cm³/mol. The van der Waals surface area contributed by atoms with Crippen LogP contribution in [0.5, 0.6) is 5.75 Å². The standard InChI is InChI=1S/C16H22N4O/c1-3-20(13-5-6-13)10-12-8-11-4-7-14(21-2)9-15(11)18-16(12)19-17/h4,7-9,13H,3,5-6,10,17H2,1-2H3,(H,18,19). The number of fused-ring (bicyclic) bond motifs is 1. The summed E-state index contributed by atoms with van der Waals surface area (Å²) in [5.74, 6) is 7.21. The topological polar surface area (TPSA) is 63.4 Å². The highest BCUT2D eigenvalue weighted by molar-refractivity contribution is 5.83. The summed E-state index contributed by atoms with van der Waals surface area (Å²) in [6.07, 6.45) is 2.61. The van der Waals surface area contributed by atoms with Crippen LogP contribution in [0.15, 0.2) is 24.3 Å². The molecule has 21 heavy (non-hydrogen) atoms. The number of hydrogen-bond donors (Lipinski definition) is 2. The molecule has 0 atom stereocenters. The van der Waals surface area contributed by atoms with E-state index in [2.05, 4.69) is 28.3 Å². The SMILES string of the molecule is CCN(Cc1cc2ccc(OC)cc2nc1NN)C1CC1. The first-order valence-electron chi connectivity index (χ1n) is 7.43. The average molecular weight is 286 g/mol. The molecule has 3 rings (SSSR count). The summed E-state index contributed by atoms with van der Waals surface area (Å²) in [5, 5.41) is 1.11. The molecule has 5 heteroatoms. The fraction of sp³-hybridized carbons (Fsp3) is 0.438. The number of anilines is 1. The molecule has 0 saturated heterocycles. The van der Waals surface area contributed by atoms with Gasteiger partial charge in [0, 0.05) is 29.6 Å². The van der Waals surface area contributed by atoms with Crippen molar-refractivity contribution in [2.24, 2.45) is 5.84 Å². The van der Waals surface area contributed by atoms with Gasteiger partial charge >= 0.3 is 0 Å². The number of benzene rings is 1. The number of nitrogens with zero attached hydrogens (tertiary/aromatic N) is 2. The summed E-state index contributed by atoms with van der Waals surface area (Å²) < 4.78 is 5.25. The Kier molecular flexibility index (Phi) is 3.94. The summed E-state index contributed by atoms with van der Waals surface area (Å²) >= 11 is 0. The third-order valence-corrected chi connectivity index (χ3v) is 4.08. The number of hydrogen-bond acceptors (Lipinski definition) is 5. The third kappa shape index (κ3) is 2.94. The number of methoxy groups -OCH3 is 1. The van der Waals surface area contributed by atoms with Gasteiger partial charge in [-0.2, -0.15) is 0 Å². The van der Waals surface area contributed by atoms with E-state index in [-0.39, 0.29) is 0 Å². The molecule has 1 fully saturated rings. The van der Waals surface area contributed by atoms with E-state index < -0.39 is 0 Å². The van der Waals surface area contributed by atoms with Crippen LogP contribution in [0.2, 0.25) is 0 Å². The van der Waals surface area contributed by atoms with Crippen molar-refractivity contribution in [2.75, 3.05) is 19.1 Å². The summed E-state index contributed by atoms with van der Waals surface area (Å²) in [5.41, 5.74) is 4.77. The number of ether oxygens (including phenoxy) is 1. The van der Waals surface area contributed by atoms with E-state index in [1.165, 1.54) is 12.8 Å². The van der Waals surface area contributed by atoms with Crippen LogP contribution in [-0.4, -0.2) is 29.6 Å². The van der Waals surface area contributed by atoms with E-state index in [1.54, 1.807) is 7.11 Å². The van der Waals surface area contributed by atoms with Crippen molar-refractivity contribution < 1.29 is 4.74 Å². The van der Waals surface area contributed by atoms with E-state index in [0.717, 1.165) is 47.2 Å². The number of nitrogens with two attached hydrogens (primary N) is 1. The Labute approximate surface area is 125 Å². The molecule has 0 bridgehead atoms. The molecule has 1 aromatic carbocycles. The quantitative estimate of drug-likeness (QED) is 0.631. The maximum absolute atomic E-state index is 5.66. The molecule has 3 N–H and O–H groups in total. The number of hydrazine groups is 1. The maximum Gasteiger partial charge on any atom is 0.145 e. The molecule has 112 valence electrons. The van der Waals surface area contributed by atoms with Gasteiger partial charge in [-0.05, 0) is 37.6 Å². The van der Waals surface area contributed by atoms with Gasteiger partial charge in [-0.1, -0.05) is 6.92 Å². The summed E-state index contributed by atoms with van der Waals surface area (Å²) in [7, 11) is 1.66. The molecule has 1 saturated carbocycles. The lowest BCUT2D eigenvalue weighted by atomic mass is 10.1. The molecule has 1 aliphatic carbocycles. The zero-order valence-corrected chi connectivity index (χ0v) is 12.6. The Morgan fingerprint density at radius 3 is 2.81 bits per heavy atom. The van der Waals surface area contributed by atoms with Crippen molar-refractivity contribution in [1.29, 1.82) is 0 Å². The van der Waals surface area contributed by atoms with E-state index in [1.807, 2.05) is 18.2 Å². The van der Waals surface area contributed by atoms with Crippen LogP contribution in [0.1, 0.15) is 25.3 Å². The molecule has 1 heterocycles. The second-order valence-electron chi connectivity index (χ2n) is 5.49. The summed E-state index contributed by atoms with van der Waals surface area (Å²) in [4.78, 5) is 7.11. The number of aromatic nitrogens is 1. The second-order valence-corrected chi connectivity index (χ2v) is 5.49. The Morgan fingerprint density at radius 2 is 2.19 bits per heavy atom. The van der Waals surface area contributed by atoms with E-state index in [4.69, 9.17) is 10.6 Å². The highest BCUT2D eigenvalue weighted by Crippen LogP contribution is 2.30. The van der Waals surface area contributed by atoms with E-state index in [0.29, 0.717) is 0 Å². The normalized spacial score (nSPS) is 14.7. The molecule has 1 aliphatic rings. The fourth-order valence-corrected chi connectivity index (χ4v) is 2.72. The fourth-order valence-electron chi connectivity index (χ4n) is 2.72. The van der Waals surface area contributed by atoms with Crippen LogP contribution in [0.25, 0.3) is 10.9 Å². The molecule has 5 nitrogen and oxygen atoms in total. The van der Waals surface area contributed by atoms with Crippen molar-refractivity contribution in [1.82, 2.24) is 9.88 Å². The highest BCUT2D eigenvalue weighted by Gasteiger charge is 2.28. The predicted octanol–water partition coefficient (Wildman–Crippen LogP) is 2.51. The third-order valence-electron chi connectivity index (χ3n) is 4.08. The molecule has 2 aromatic rings. The number of nitrogen functional groups attached to an aromatic ring is 1. The Bertz CT molecular complexity index is 639. The van der Waals surface area contributed by atoms with Crippen molar-refractivity contribution in [3.63, 3.8) is 0 Å². The zero-order valence-electron chi connectivity index (χ0n) is 12.6. The number of nitrogens with one attached hydrogen (secondary N) is 1. The van der Waals surface area contributed by atoms with Crippen LogP contribution in [0, 0.1) is 0 Å². The monoisotopic (exact) mass is 286 g/mol. The summed E-state index contributed by atoms with van der Waals surface area (Å²) in [6, 6.07) is 8.83. The first-order valence-corrected chi connectivity index (χ1v) is 7.43. The number of rotatable bonds is 6. The largest absolute Gasteiger partial charge is 0.497 e. The maximum atomic E-state index is 5.66. The van der Waals surface area contributed by atoms with Crippen LogP contribution in [0.3, 0.4) is 0 Å². The van der Waals surface area contributed by atoms with Crippen LogP contribution >= 0.6 is 0 Å². The van der Waals surface area contributed by atoms with Gasteiger partial charge in [0.1, 0.15) is 11.6 Å². The molecule has 1 aromatic heterocycles. The highest BCUT2D eigenvalue weighted by atomic mass is 16.5. The number of pyridine rings is 1. The second kappa shape index (κ2) is 5.87. The van der Waals surface area contributed by atoms with E-state index in [9.17, 15) is 0 Å². The minimum absolute atomic E-state index is 0.729. The smallest absolute Gasteiger partial charge is 0.145 e. The minimum atomic E-state index is 0.729. The lowest BCUT2D eigenvalue weighted by Crippen LogP contribution is -2.26. The van der Waals surface area contributed by atoms with Gasteiger partial charge < -0.3 is 10.2 Å². The zero-order chi connectivity index (χ0) is 14.8. The summed E-state index contributed by atoms with van der Waals surface area (Å²) in [6.45, 7) is 4.14. The van der Waals surface area contributed by atoms with Gasteiger partial charge in [-0.15, -0.1) is 0 Å². The van der Waals surface area contributed by atoms with Gasteiger partial charge in [0.15, 0.2) is 0 Å². The Morgan fingerprint density at radius 1 is 1.38 bits per heavy atom. The molecule has 0 spiro atoms. The lowest BCUT2D eigenvalue weighted by molar-refractivity contribution is 0.269. The van der Waals surface area contributed by atoms with Crippen molar-refractivity contribution in [2.45, 2.75) is 32.4 Å². The molecule has 0 unspecified atom stereocenters. The molecule has 0 amide bonds. The van der Waals surface area contributed by atoms with Crippen molar-refractivity contribution in [3.05, 3.63) is 29.8 Å². The van der Waals surface area contributed by atoms with Gasteiger partial charge in [-0.25, -0.2) is 10.8 Å². The van der Waals surface area contributed by atoms with Crippen LogP contribution in [0.4, 0.5) is 5.82 Å². The molecule has 0 radical (unpaired) electrons. The first kappa shape index (κ1) is 14.1. The van der Waals surface area contributed by atoms with Gasteiger partial charge in [0.2, 0.25) is 0 Å².